The fraction of sp³-hybridized carbons (Fsp3) is 0.588. The van der Waals surface area contributed by atoms with Crippen molar-refractivity contribution in [2.45, 2.75) is 56.3 Å². The van der Waals surface area contributed by atoms with E-state index in [0.717, 1.165) is 44.9 Å². The Balaban J connectivity index is 2.14. The van der Waals surface area contributed by atoms with Crippen molar-refractivity contribution in [2.75, 3.05) is 13.1 Å². The molecule has 10 heteroatoms. The molecular formula is C17H27N3O6S. The molecule has 0 saturated heterocycles. The van der Waals surface area contributed by atoms with Gasteiger partial charge in [-0.1, -0.05) is 50.7 Å². The minimum absolute atomic E-state index is 0.245. The fourth-order valence-electron chi connectivity index (χ4n) is 2.63. The molecule has 27 heavy (non-hydrogen) atoms. The van der Waals surface area contributed by atoms with Crippen molar-refractivity contribution in [2.24, 2.45) is 0 Å². The van der Waals surface area contributed by atoms with Crippen LogP contribution in [0.1, 0.15) is 51.4 Å². The molecule has 0 saturated carbocycles. The normalized spacial score (nSPS) is 11.3. The van der Waals surface area contributed by atoms with Crippen LogP contribution in [0.4, 0.5) is 10.5 Å². The Morgan fingerprint density at radius 2 is 1.48 bits per heavy atom. The molecular weight excluding hydrogens is 374 g/mol. The van der Waals surface area contributed by atoms with Crippen LogP contribution < -0.4 is 10.0 Å². The fourth-order valence-corrected chi connectivity index (χ4v) is 3.87. The van der Waals surface area contributed by atoms with Gasteiger partial charge in [-0.15, -0.1) is 0 Å². The van der Waals surface area contributed by atoms with Crippen LogP contribution in [0.25, 0.3) is 0 Å². The maximum absolute atomic E-state index is 12.2. The van der Waals surface area contributed by atoms with Gasteiger partial charge >= 0.3 is 6.09 Å². The van der Waals surface area contributed by atoms with Crippen LogP contribution in [0.5, 0.6) is 0 Å². The number of para-hydroxylation sites is 1. The summed E-state index contributed by atoms with van der Waals surface area (Å²) >= 11 is 0. The highest BCUT2D eigenvalue weighted by Crippen LogP contribution is 2.22. The zero-order valence-corrected chi connectivity index (χ0v) is 16.0. The average molecular weight is 401 g/mol. The molecule has 0 radical (unpaired) electrons. The molecule has 9 nitrogen and oxygen atoms in total. The van der Waals surface area contributed by atoms with Crippen LogP contribution in [0.15, 0.2) is 29.2 Å². The zero-order chi connectivity index (χ0) is 20.1. The first-order chi connectivity index (χ1) is 12.8. The predicted molar refractivity (Wildman–Crippen MR) is 101 cm³/mol. The summed E-state index contributed by atoms with van der Waals surface area (Å²) in [5.74, 6) is 0. The summed E-state index contributed by atoms with van der Waals surface area (Å²) in [6, 6.07) is 5.29. The van der Waals surface area contributed by atoms with E-state index in [0.29, 0.717) is 13.0 Å². The molecule has 0 atom stereocenters. The summed E-state index contributed by atoms with van der Waals surface area (Å²) in [7, 11) is -3.89. The van der Waals surface area contributed by atoms with E-state index in [4.69, 9.17) is 5.11 Å². The van der Waals surface area contributed by atoms with E-state index >= 15 is 0 Å². The third-order valence-electron chi connectivity index (χ3n) is 4.02. The molecule has 0 bridgehead atoms. The topological polar surface area (TPSA) is 139 Å². The Hall–Kier alpha value is -2.20. The molecule has 0 aliphatic carbocycles. The number of nitro benzene ring substituents is 1. The van der Waals surface area contributed by atoms with E-state index in [-0.39, 0.29) is 11.4 Å². The summed E-state index contributed by atoms with van der Waals surface area (Å²) < 4.78 is 26.8. The summed E-state index contributed by atoms with van der Waals surface area (Å²) in [6.07, 6.45) is 6.51. The van der Waals surface area contributed by atoms with Crippen LogP contribution in [0, 0.1) is 10.1 Å². The van der Waals surface area contributed by atoms with Crippen LogP contribution in [0.2, 0.25) is 0 Å². The standard InChI is InChI=1S/C17H27N3O6S/c21-17(22)18-13-9-5-3-1-2-4-6-10-14-19-27(25,26)16-12-8-7-11-15(16)20(23)24/h7-8,11-12,18-19H,1-6,9-10,13-14H2,(H,21,22). The number of carboxylic acid groups (broad SMARTS) is 1. The van der Waals surface area contributed by atoms with Gasteiger partial charge in [-0.25, -0.2) is 17.9 Å². The Kier molecular flexibility index (Phi) is 10.3. The molecule has 0 aliphatic rings. The third kappa shape index (κ3) is 9.34. The van der Waals surface area contributed by atoms with Gasteiger partial charge in [0.2, 0.25) is 10.0 Å². The zero-order valence-electron chi connectivity index (χ0n) is 15.2. The SMILES string of the molecule is O=C(O)NCCCCCCCCCCNS(=O)(=O)c1ccccc1[N+](=O)[O-]. The molecule has 0 aromatic heterocycles. The molecule has 1 aromatic rings. The number of benzene rings is 1. The van der Waals surface area contributed by atoms with Crippen molar-refractivity contribution in [1.82, 2.24) is 10.0 Å². The summed E-state index contributed by atoms with van der Waals surface area (Å²) in [4.78, 5) is 20.2. The summed E-state index contributed by atoms with van der Waals surface area (Å²) in [5, 5.41) is 21.7. The highest BCUT2D eigenvalue weighted by Gasteiger charge is 2.24. The number of amides is 1. The molecule has 0 fully saturated rings. The minimum atomic E-state index is -3.89. The lowest BCUT2D eigenvalue weighted by molar-refractivity contribution is -0.387. The van der Waals surface area contributed by atoms with Gasteiger partial charge in [0, 0.05) is 19.2 Å². The number of nitro groups is 1. The first-order valence-electron chi connectivity index (χ1n) is 9.04. The number of carbonyl (C=O) groups is 1. The van der Waals surface area contributed by atoms with E-state index in [9.17, 15) is 23.3 Å². The van der Waals surface area contributed by atoms with Gasteiger partial charge in [-0.05, 0) is 18.9 Å². The first kappa shape index (κ1) is 22.8. The number of sulfonamides is 1. The third-order valence-corrected chi connectivity index (χ3v) is 5.53. The van der Waals surface area contributed by atoms with Gasteiger partial charge in [-0.2, -0.15) is 0 Å². The second kappa shape index (κ2) is 12.2. The van der Waals surface area contributed by atoms with Crippen molar-refractivity contribution in [3.63, 3.8) is 0 Å². The largest absolute Gasteiger partial charge is 0.465 e. The van der Waals surface area contributed by atoms with Gasteiger partial charge < -0.3 is 10.4 Å². The summed E-state index contributed by atoms with van der Waals surface area (Å²) in [6.45, 7) is 0.726. The lowest BCUT2D eigenvalue weighted by Gasteiger charge is -2.07. The van der Waals surface area contributed by atoms with E-state index in [1.807, 2.05) is 0 Å². The molecule has 0 aliphatic heterocycles. The van der Waals surface area contributed by atoms with Gasteiger partial charge in [-0.3, -0.25) is 10.1 Å². The molecule has 0 unspecified atom stereocenters. The maximum Gasteiger partial charge on any atom is 0.404 e. The smallest absolute Gasteiger partial charge is 0.404 e. The molecule has 1 amide bonds. The predicted octanol–water partition coefficient (Wildman–Crippen LogP) is 3.26. The number of hydrogen-bond acceptors (Lipinski definition) is 5. The minimum Gasteiger partial charge on any atom is -0.465 e. The molecule has 1 rings (SSSR count). The van der Waals surface area contributed by atoms with E-state index < -0.39 is 26.7 Å². The Morgan fingerprint density at radius 1 is 0.963 bits per heavy atom. The molecule has 0 spiro atoms. The van der Waals surface area contributed by atoms with Crippen molar-refractivity contribution in [3.05, 3.63) is 34.4 Å². The van der Waals surface area contributed by atoms with E-state index in [1.165, 1.54) is 24.3 Å². The van der Waals surface area contributed by atoms with E-state index in [2.05, 4.69) is 10.0 Å². The first-order valence-corrected chi connectivity index (χ1v) is 10.5. The van der Waals surface area contributed by atoms with Crippen LogP contribution >= 0.6 is 0 Å². The molecule has 3 N–H and O–H groups in total. The molecule has 1 aromatic carbocycles. The van der Waals surface area contributed by atoms with Crippen LogP contribution in [-0.4, -0.2) is 37.6 Å². The van der Waals surface area contributed by atoms with Crippen molar-refractivity contribution < 1.29 is 23.2 Å². The molecule has 0 heterocycles. The second-order valence-electron chi connectivity index (χ2n) is 6.18. The quantitative estimate of drug-likeness (QED) is 0.248. The Bertz CT molecular complexity index is 708. The van der Waals surface area contributed by atoms with E-state index in [1.54, 1.807) is 0 Å². The van der Waals surface area contributed by atoms with Crippen LogP contribution in [-0.2, 0) is 10.0 Å². The maximum atomic E-state index is 12.2. The molecule has 152 valence electrons. The average Bonchev–Trinajstić information content (AvgIpc) is 2.62. The van der Waals surface area contributed by atoms with Gasteiger partial charge in [0.25, 0.3) is 5.69 Å². The number of hydrogen-bond donors (Lipinski definition) is 3. The van der Waals surface area contributed by atoms with Gasteiger partial charge in [0.1, 0.15) is 0 Å². The van der Waals surface area contributed by atoms with Crippen LogP contribution in [0.3, 0.4) is 0 Å². The Labute approximate surface area is 159 Å². The second-order valence-corrected chi connectivity index (χ2v) is 7.92. The van der Waals surface area contributed by atoms with Gasteiger partial charge in [0.05, 0.1) is 4.92 Å². The number of unbranched alkanes of at least 4 members (excludes halogenated alkanes) is 7. The number of rotatable bonds is 14. The van der Waals surface area contributed by atoms with Crippen molar-refractivity contribution >= 4 is 21.8 Å². The highest BCUT2D eigenvalue weighted by molar-refractivity contribution is 7.89. The van der Waals surface area contributed by atoms with Gasteiger partial charge in [0.15, 0.2) is 4.90 Å². The lowest BCUT2D eigenvalue weighted by atomic mass is 10.1. The van der Waals surface area contributed by atoms with Crippen molar-refractivity contribution in [1.29, 1.82) is 0 Å². The van der Waals surface area contributed by atoms with Crippen molar-refractivity contribution in [3.8, 4) is 0 Å². The lowest BCUT2D eigenvalue weighted by Crippen LogP contribution is -2.25. The highest BCUT2D eigenvalue weighted by atomic mass is 32.2. The number of nitrogens with zero attached hydrogens (tertiary/aromatic N) is 1. The monoisotopic (exact) mass is 401 g/mol. The Morgan fingerprint density at radius 3 is 2.04 bits per heavy atom. The number of nitrogens with one attached hydrogen (secondary N) is 2. The summed E-state index contributed by atoms with van der Waals surface area (Å²) in [5.41, 5.74) is -0.427.